The van der Waals surface area contributed by atoms with Crippen LogP contribution in [0, 0.1) is 5.92 Å². The number of carbonyl (C=O) groups is 2. The van der Waals surface area contributed by atoms with Gasteiger partial charge in [-0.15, -0.1) is 0 Å². The van der Waals surface area contributed by atoms with Crippen LogP contribution in [-0.2, 0) is 14.3 Å². The Morgan fingerprint density at radius 2 is 1.79 bits per heavy atom. The van der Waals surface area contributed by atoms with Crippen molar-refractivity contribution >= 4 is 29.2 Å². The zero-order valence-corrected chi connectivity index (χ0v) is 17.3. The molecule has 3 rings (SSSR count). The van der Waals surface area contributed by atoms with Crippen LogP contribution >= 0.6 is 11.6 Å². The molecule has 29 heavy (non-hydrogen) atoms. The average Bonchev–Trinajstić information content (AvgIpc) is 2.75. The van der Waals surface area contributed by atoms with Crippen LogP contribution in [0.5, 0.6) is 5.75 Å². The Morgan fingerprint density at radius 1 is 1.10 bits per heavy atom. The zero-order chi connectivity index (χ0) is 20.8. The van der Waals surface area contributed by atoms with Crippen molar-refractivity contribution in [3.8, 4) is 5.75 Å². The van der Waals surface area contributed by atoms with Gasteiger partial charge in [0.05, 0.1) is 25.2 Å². The first-order valence-corrected chi connectivity index (χ1v) is 9.92. The van der Waals surface area contributed by atoms with Gasteiger partial charge < -0.3 is 14.8 Å². The van der Waals surface area contributed by atoms with Gasteiger partial charge in [0.25, 0.3) is 0 Å². The van der Waals surface area contributed by atoms with E-state index in [4.69, 9.17) is 21.1 Å². The molecule has 154 valence electrons. The zero-order valence-electron chi connectivity index (χ0n) is 16.6. The van der Waals surface area contributed by atoms with Crippen molar-refractivity contribution in [2.24, 2.45) is 5.92 Å². The molecule has 7 heteroatoms. The number of halogens is 1. The van der Waals surface area contributed by atoms with Gasteiger partial charge in [0.2, 0.25) is 5.91 Å². The summed E-state index contributed by atoms with van der Waals surface area (Å²) in [6.45, 7) is 1.27. The van der Waals surface area contributed by atoms with E-state index in [-0.39, 0.29) is 17.8 Å². The average molecular weight is 417 g/mol. The Labute approximate surface area is 175 Å². The van der Waals surface area contributed by atoms with E-state index < -0.39 is 6.04 Å². The number of nitrogens with one attached hydrogen (secondary N) is 1. The highest BCUT2D eigenvalue weighted by Gasteiger charge is 2.33. The maximum absolute atomic E-state index is 13.2. The van der Waals surface area contributed by atoms with Crippen molar-refractivity contribution in [2.75, 3.05) is 32.6 Å². The van der Waals surface area contributed by atoms with Gasteiger partial charge in [0.15, 0.2) is 0 Å². The third-order valence-electron chi connectivity index (χ3n) is 5.21. The van der Waals surface area contributed by atoms with Crippen LogP contribution in [0.3, 0.4) is 0 Å². The van der Waals surface area contributed by atoms with Gasteiger partial charge in [-0.05, 0) is 36.6 Å². The summed E-state index contributed by atoms with van der Waals surface area (Å²) < 4.78 is 10.0. The van der Waals surface area contributed by atoms with Crippen molar-refractivity contribution in [3.63, 3.8) is 0 Å². The number of hydrogen-bond donors (Lipinski definition) is 1. The van der Waals surface area contributed by atoms with Gasteiger partial charge in [-0.2, -0.15) is 0 Å². The monoisotopic (exact) mass is 416 g/mol. The molecule has 0 unspecified atom stereocenters. The summed E-state index contributed by atoms with van der Waals surface area (Å²) in [6, 6.07) is 14.3. The summed E-state index contributed by atoms with van der Waals surface area (Å²) in [5.74, 6) is 0.109. The van der Waals surface area contributed by atoms with E-state index in [0.717, 1.165) is 5.56 Å². The fraction of sp³-hybridized carbons (Fsp3) is 0.364. The number of anilines is 1. The number of rotatable bonds is 6. The van der Waals surface area contributed by atoms with E-state index in [2.05, 4.69) is 10.2 Å². The van der Waals surface area contributed by atoms with Crippen LogP contribution in [-0.4, -0.2) is 44.1 Å². The molecule has 1 atom stereocenters. The lowest BCUT2D eigenvalue weighted by molar-refractivity contribution is -0.147. The molecule has 0 aliphatic carbocycles. The molecule has 1 aliphatic rings. The number of piperidine rings is 1. The van der Waals surface area contributed by atoms with E-state index in [0.29, 0.717) is 42.4 Å². The number of methoxy groups -OCH3 is 2. The van der Waals surface area contributed by atoms with E-state index >= 15 is 0 Å². The normalized spacial score (nSPS) is 16.1. The number of carbonyl (C=O) groups excluding carboxylic acids is 2. The predicted molar refractivity (Wildman–Crippen MR) is 112 cm³/mol. The summed E-state index contributed by atoms with van der Waals surface area (Å²) in [5, 5.41) is 3.39. The molecule has 0 aromatic heterocycles. The largest absolute Gasteiger partial charge is 0.495 e. The third-order valence-corrected chi connectivity index (χ3v) is 5.51. The van der Waals surface area contributed by atoms with Crippen LogP contribution in [0.1, 0.15) is 24.4 Å². The standard InChI is InChI=1S/C22H25ClN2O4/c1-28-19-9-8-17(14-18(19)23)24-21(26)20(15-6-4-3-5-7-15)25-12-10-16(11-13-25)22(27)29-2/h3-9,14,16,20H,10-13H2,1-2H3,(H,24,26)/t20-/m1/s1. The Hall–Kier alpha value is -2.57. The summed E-state index contributed by atoms with van der Waals surface area (Å²) in [4.78, 5) is 27.2. The molecular weight excluding hydrogens is 392 g/mol. The first-order chi connectivity index (χ1) is 14.0. The Balaban J connectivity index is 1.78. The van der Waals surface area contributed by atoms with Crippen LogP contribution in [0.2, 0.25) is 5.02 Å². The molecule has 6 nitrogen and oxygen atoms in total. The number of hydrogen-bond acceptors (Lipinski definition) is 5. The molecule has 1 amide bonds. The minimum atomic E-state index is -0.462. The van der Waals surface area contributed by atoms with Gasteiger partial charge in [0, 0.05) is 18.8 Å². The van der Waals surface area contributed by atoms with Crippen molar-refractivity contribution < 1.29 is 19.1 Å². The van der Waals surface area contributed by atoms with Gasteiger partial charge >= 0.3 is 5.97 Å². The number of likely N-dealkylation sites (tertiary alicyclic amines) is 1. The molecule has 2 aromatic carbocycles. The SMILES string of the molecule is COC(=O)C1CCN([C@@H](C(=O)Nc2ccc(OC)c(Cl)c2)c2ccccc2)CC1. The van der Waals surface area contributed by atoms with E-state index in [1.165, 1.54) is 7.11 Å². The first-order valence-electron chi connectivity index (χ1n) is 9.54. The van der Waals surface area contributed by atoms with Crippen molar-refractivity contribution in [1.29, 1.82) is 0 Å². The fourth-order valence-corrected chi connectivity index (χ4v) is 3.94. The predicted octanol–water partition coefficient (Wildman–Crippen LogP) is 3.91. The highest BCUT2D eigenvalue weighted by molar-refractivity contribution is 6.32. The highest BCUT2D eigenvalue weighted by atomic mass is 35.5. The Morgan fingerprint density at radius 3 is 2.38 bits per heavy atom. The minimum Gasteiger partial charge on any atom is -0.495 e. The molecule has 1 heterocycles. The molecule has 0 radical (unpaired) electrons. The van der Waals surface area contributed by atoms with Gasteiger partial charge in [-0.1, -0.05) is 41.9 Å². The van der Waals surface area contributed by atoms with Crippen molar-refractivity contribution in [1.82, 2.24) is 4.90 Å². The highest BCUT2D eigenvalue weighted by Crippen LogP contribution is 2.31. The Bertz CT molecular complexity index is 851. The Kier molecular flexibility index (Phi) is 7.12. The van der Waals surface area contributed by atoms with Crippen LogP contribution < -0.4 is 10.1 Å². The topological polar surface area (TPSA) is 67.9 Å². The quantitative estimate of drug-likeness (QED) is 0.723. The van der Waals surface area contributed by atoms with Crippen molar-refractivity contribution in [2.45, 2.75) is 18.9 Å². The molecule has 1 aliphatic heterocycles. The summed E-state index contributed by atoms with van der Waals surface area (Å²) in [7, 11) is 2.96. The summed E-state index contributed by atoms with van der Waals surface area (Å²) in [6.07, 6.45) is 1.33. The molecule has 1 fully saturated rings. The number of benzene rings is 2. The van der Waals surface area contributed by atoms with Crippen LogP contribution in [0.4, 0.5) is 5.69 Å². The van der Waals surface area contributed by atoms with E-state index in [9.17, 15) is 9.59 Å². The number of ether oxygens (including phenoxy) is 2. The lowest BCUT2D eigenvalue weighted by Gasteiger charge is -2.36. The molecule has 0 saturated carbocycles. The van der Waals surface area contributed by atoms with Crippen LogP contribution in [0.25, 0.3) is 0 Å². The molecule has 0 bridgehead atoms. The fourth-order valence-electron chi connectivity index (χ4n) is 3.68. The molecule has 1 N–H and O–H groups in total. The second-order valence-electron chi connectivity index (χ2n) is 6.99. The first kappa shape index (κ1) is 21.1. The van der Waals surface area contributed by atoms with Crippen LogP contribution in [0.15, 0.2) is 48.5 Å². The summed E-state index contributed by atoms with van der Waals surface area (Å²) in [5.41, 5.74) is 1.51. The smallest absolute Gasteiger partial charge is 0.308 e. The number of esters is 1. The second kappa shape index (κ2) is 9.76. The maximum atomic E-state index is 13.2. The molecule has 1 saturated heterocycles. The lowest BCUT2D eigenvalue weighted by Crippen LogP contribution is -2.43. The van der Waals surface area contributed by atoms with E-state index in [1.807, 2.05) is 30.3 Å². The summed E-state index contributed by atoms with van der Waals surface area (Å²) >= 11 is 6.19. The number of nitrogens with zero attached hydrogens (tertiary/aromatic N) is 1. The lowest BCUT2D eigenvalue weighted by atomic mass is 9.94. The van der Waals surface area contributed by atoms with E-state index in [1.54, 1.807) is 25.3 Å². The molecular formula is C22H25ClN2O4. The van der Waals surface area contributed by atoms with Crippen molar-refractivity contribution in [3.05, 3.63) is 59.1 Å². The molecule has 2 aromatic rings. The van der Waals surface area contributed by atoms with Gasteiger partial charge in [-0.25, -0.2) is 0 Å². The minimum absolute atomic E-state index is 0.115. The van der Waals surface area contributed by atoms with Gasteiger partial charge in [0.1, 0.15) is 11.8 Å². The second-order valence-corrected chi connectivity index (χ2v) is 7.39. The number of amides is 1. The third kappa shape index (κ3) is 5.08. The maximum Gasteiger partial charge on any atom is 0.308 e. The molecule has 0 spiro atoms. The van der Waals surface area contributed by atoms with Gasteiger partial charge in [-0.3, -0.25) is 14.5 Å².